The normalized spacial score (nSPS) is 9.54. The summed E-state index contributed by atoms with van der Waals surface area (Å²) in [7, 11) is 0. The van der Waals surface area contributed by atoms with Gasteiger partial charge in [-0.3, -0.25) is 25.0 Å². The van der Waals surface area contributed by atoms with Crippen LogP contribution in [0.2, 0.25) is 0 Å². The van der Waals surface area contributed by atoms with Crippen molar-refractivity contribution < 1.29 is 14.6 Å². The Kier molecular flexibility index (Phi) is 7.89. The Morgan fingerprint density at radius 1 is 0.808 bits per heavy atom. The van der Waals surface area contributed by atoms with E-state index in [1.54, 1.807) is 31.2 Å². The molecule has 9 heteroatoms. The lowest BCUT2D eigenvalue weighted by Gasteiger charge is -2.02. The van der Waals surface area contributed by atoms with Crippen molar-refractivity contribution in [2.75, 3.05) is 0 Å². The summed E-state index contributed by atoms with van der Waals surface area (Å²) < 4.78 is 0.0410. The molecule has 136 valence electrons. The van der Waals surface area contributed by atoms with E-state index >= 15 is 0 Å². The van der Waals surface area contributed by atoms with Crippen LogP contribution < -0.4 is 0 Å². The first-order chi connectivity index (χ1) is 12.2. The minimum Gasteiger partial charge on any atom is -0.294 e. The Balaban J connectivity index is 0.000000263. The van der Waals surface area contributed by atoms with Crippen LogP contribution in [0.5, 0.6) is 0 Å². The summed E-state index contributed by atoms with van der Waals surface area (Å²) in [5.74, 6) is -0.290. The highest BCUT2D eigenvalue weighted by Gasteiger charge is 2.15. The second-order valence-electron chi connectivity index (χ2n) is 4.99. The van der Waals surface area contributed by atoms with Gasteiger partial charge in [-0.15, -0.1) is 0 Å². The van der Waals surface area contributed by atoms with E-state index in [4.69, 9.17) is 23.2 Å². The highest BCUT2D eigenvalue weighted by Crippen LogP contribution is 2.30. The molecule has 2 aromatic carbocycles. The number of nitro benzene ring substituents is 2. The third kappa shape index (κ3) is 5.65. The minimum absolute atomic E-state index is 0.00352. The SMILES string of the molecule is CC(=C(Cl)Cl)c1ccccc1[N+](=O)[O-].CC(=O)c1ccccc1[N+](=O)[O-]. The molecule has 2 aromatic rings. The van der Waals surface area contributed by atoms with E-state index in [0.717, 1.165) is 0 Å². The summed E-state index contributed by atoms with van der Waals surface area (Å²) in [6.07, 6.45) is 0. The van der Waals surface area contributed by atoms with E-state index in [0.29, 0.717) is 11.1 Å². The maximum atomic E-state index is 10.9. The van der Waals surface area contributed by atoms with Crippen molar-refractivity contribution in [3.63, 3.8) is 0 Å². The van der Waals surface area contributed by atoms with Crippen molar-refractivity contribution in [3.8, 4) is 0 Å². The van der Waals surface area contributed by atoms with E-state index in [-0.39, 0.29) is 27.2 Å². The topological polar surface area (TPSA) is 103 Å². The number of allylic oxidation sites excluding steroid dienone is 1. The number of benzene rings is 2. The molecular weight excluding hydrogens is 383 g/mol. The molecule has 0 N–H and O–H groups in total. The van der Waals surface area contributed by atoms with Gasteiger partial charge in [-0.2, -0.15) is 0 Å². The second-order valence-corrected chi connectivity index (χ2v) is 5.94. The lowest BCUT2D eigenvalue weighted by atomic mass is 10.1. The molecule has 0 fully saturated rings. The fourth-order valence-corrected chi connectivity index (χ4v) is 2.19. The van der Waals surface area contributed by atoms with Crippen molar-refractivity contribution in [2.24, 2.45) is 0 Å². The molecule has 0 aliphatic rings. The number of hydrogen-bond donors (Lipinski definition) is 0. The Morgan fingerprint density at radius 2 is 1.19 bits per heavy atom. The summed E-state index contributed by atoms with van der Waals surface area (Å²) in [4.78, 5) is 30.9. The summed E-state index contributed by atoms with van der Waals surface area (Å²) in [6.45, 7) is 2.94. The van der Waals surface area contributed by atoms with Crippen LogP contribution in [0, 0.1) is 20.2 Å². The molecule has 0 atom stereocenters. The fraction of sp³-hybridized carbons (Fsp3) is 0.118. The molecule has 0 radical (unpaired) electrons. The molecule has 0 aliphatic carbocycles. The number of para-hydroxylation sites is 2. The molecule has 7 nitrogen and oxygen atoms in total. The molecule has 0 heterocycles. The number of Topliss-reactive ketones (excluding diaryl/α,β-unsaturated/α-hetero) is 1. The molecule has 0 aromatic heterocycles. The van der Waals surface area contributed by atoms with Gasteiger partial charge in [0.25, 0.3) is 11.4 Å². The number of carbonyl (C=O) groups is 1. The summed E-state index contributed by atoms with van der Waals surface area (Å²) >= 11 is 11.1. The molecule has 0 unspecified atom stereocenters. The van der Waals surface area contributed by atoms with E-state index in [9.17, 15) is 25.0 Å². The largest absolute Gasteiger partial charge is 0.294 e. The Labute approximate surface area is 159 Å². The zero-order valence-corrected chi connectivity index (χ0v) is 15.3. The zero-order valence-electron chi connectivity index (χ0n) is 13.8. The Hall–Kier alpha value is -2.77. The number of carbonyl (C=O) groups excluding carboxylic acids is 1. The standard InChI is InChI=1S/C9H7Cl2NO2.C8H7NO3/c1-6(9(10)11)7-4-2-3-5-8(7)12(13)14;1-6(10)7-4-2-3-5-8(7)9(11)12/h2-5H,1H3;2-5H,1H3. The van der Waals surface area contributed by atoms with Crippen LogP contribution in [0.4, 0.5) is 11.4 Å². The molecule has 2 rings (SSSR count). The lowest BCUT2D eigenvalue weighted by molar-refractivity contribution is -0.385. The van der Waals surface area contributed by atoms with Crippen molar-refractivity contribution in [1.82, 2.24) is 0 Å². The quantitative estimate of drug-likeness (QED) is 0.382. The monoisotopic (exact) mass is 396 g/mol. The average Bonchev–Trinajstić information content (AvgIpc) is 2.61. The smallest absolute Gasteiger partial charge is 0.280 e. The average molecular weight is 397 g/mol. The number of ketones is 1. The zero-order chi connectivity index (χ0) is 19.9. The molecule has 26 heavy (non-hydrogen) atoms. The lowest BCUT2D eigenvalue weighted by Crippen LogP contribution is -1.98. The van der Waals surface area contributed by atoms with Crippen molar-refractivity contribution >= 4 is 45.9 Å². The molecular formula is C17H14Cl2N2O5. The van der Waals surface area contributed by atoms with E-state index < -0.39 is 9.85 Å². The van der Waals surface area contributed by atoms with Crippen LogP contribution in [-0.4, -0.2) is 15.6 Å². The van der Waals surface area contributed by atoms with Crippen LogP contribution in [0.3, 0.4) is 0 Å². The van der Waals surface area contributed by atoms with Gasteiger partial charge in [0.15, 0.2) is 5.78 Å². The van der Waals surface area contributed by atoms with E-state index in [1.165, 1.54) is 31.2 Å². The molecule has 0 amide bonds. The van der Waals surface area contributed by atoms with Crippen LogP contribution in [-0.2, 0) is 0 Å². The molecule has 0 bridgehead atoms. The summed E-state index contributed by atoms with van der Waals surface area (Å²) in [5.41, 5.74) is 0.967. The third-order valence-corrected chi connectivity index (χ3v) is 3.84. The minimum atomic E-state index is -0.559. The van der Waals surface area contributed by atoms with Crippen LogP contribution in [0.1, 0.15) is 29.8 Å². The van der Waals surface area contributed by atoms with Gasteiger partial charge in [0, 0.05) is 12.1 Å². The van der Waals surface area contributed by atoms with Crippen LogP contribution in [0.15, 0.2) is 53.0 Å². The van der Waals surface area contributed by atoms with Gasteiger partial charge in [0.1, 0.15) is 4.49 Å². The Morgan fingerprint density at radius 3 is 1.54 bits per heavy atom. The first-order valence-corrected chi connectivity index (χ1v) is 7.92. The van der Waals surface area contributed by atoms with Gasteiger partial charge in [-0.25, -0.2) is 0 Å². The fourth-order valence-electron chi connectivity index (χ4n) is 1.98. The molecule has 0 aliphatic heterocycles. The molecule has 0 saturated carbocycles. The maximum absolute atomic E-state index is 10.9. The van der Waals surface area contributed by atoms with Gasteiger partial charge in [0.05, 0.1) is 21.0 Å². The number of halogens is 2. The predicted molar refractivity (Wildman–Crippen MR) is 100 cm³/mol. The van der Waals surface area contributed by atoms with Crippen LogP contribution >= 0.6 is 23.2 Å². The second kappa shape index (κ2) is 9.65. The van der Waals surface area contributed by atoms with Crippen LogP contribution in [0.25, 0.3) is 5.57 Å². The van der Waals surface area contributed by atoms with Crippen molar-refractivity contribution in [3.05, 3.63) is 84.4 Å². The predicted octanol–water partition coefficient (Wildman–Crippen LogP) is 5.56. The third-order valence-electron chi connectivity index (χ3n) is 3.27. The van der Waals surface area contributed by atoms with Gasteiger partial charge in [0.2, 0.25) is 0 Å². The van der Waals surface area contributed by atoms with Crippen molar-refractivity contribution in [1.29, 1.82) is 0 Å². The highest BCUT2D eigenvalue weighted by molar-refractivity contribution is 6.58. The maximum Gasteiger partial charge on any atom is 0.280 e. The first-order valence-electron chi connectivity index (χ1n) is 7.16. The number of hydrogen-bond acceptors (Lipinski definition) is 5. The van der Waals surface area contributed by atoms with Gasteiger partial charge in [-0.05, 0) is 31.6 Å². The van der Waals surface area contributed by atoms with E-state index in [1.807, 2.05) is 0 Å². The summed E-state index contributed by atoms with van der Waals surface area (Å²) in [5, 5.41) is 21.0. The number of rotatable bonds is 4. The molecule has 0 spiro atoms. The highest BCUT2D eigenvalue weighted by atomic mass is 35.5. The molecule has 0 saturated heterocycles. The number of nitro groups is 2. The van der Waals surface area contributed by atoms with Gasteiger partial charge < -0.3 is 0 Å². The van der Waals surface area contributed by atoms with Crippen molar-refractivity contribution in [2.45, 2.75) is 13.8 Å². The van der Waals surface area contributed by atoms with E-state index in [2.05, 4.69) is 0 Å². The van der Waals surface area contributed by atoms with Gasteiger partial charge in [-0.1, -0.05) is 47.5 Å². The Bertz CT molecular complexity index is 844. The summed E-state index contributed by atoms with van der Waals surface area (Å²) in [6, 6.07) is 12.2. The first kappa shape index (κ1) is 21.3. The number of nitrogens with zero attached hydrogens (tertiary/aromatic N) is 2. The van der Waals surface area contributed by atoms with Gasteiger partial charge >= 0.3 is 0 Å².